The number of carbonyl (C=O) groups excluding carboxylic acids is 1. The molecule has 0 radical (unpaired) electrons. The fourth-order valence-electron chi connectivity index (χ4n) is 6.22. The van der Waals surface area contributed by atoms with Crippen LogP contribution in [0, 0.1) is 0 Å². The molecular weight excluding hydrogens is 639 g/mol. The fraction of sp³-hybridized carbons (Fsp3) is 0.189. The summed E-state index contributed by atoms with van der Waals surface area (Å²) < 4.78 is 55.2. The van der Waals surface area contributed by atoms with Crippen molar-refractivity contribution < 1.29 is 37.3 Å². The van der Waals surface area contributed by atoms with Crippen LogP contribution in [0.1, 0.15) is 38.7 Å². The van der Waals surface area contributed by atoms with Crippen LogP contribution in [0.5, 0.6) is 23.0 Å². The van der Waals surface area contributed by atoms with E-state index in [2.05, 4.69) is 15.0 Å². The predicted molar refractivity (Wildman–Crippen MR) is 179 cm³/mol. The summed E-state index contributed by atoms with van der Waals surface area (Å²) in [5.41, 5.74) is 2.87. The minimum atomic E-state index is -4.89. The van der Waals surface area contributed by atoms with Gasteiger partial charge in [0.05, 0.1) is 31.2 Å². The highest BCUT2D eigenvalue weighted by atomic mass is 19.4. The van der Waals surface area contributed by atoms with Crippen LogP contribution in [0.4, 0.5) is 13.2 Å². The number of halogens is 3. The van der Waals surface area contributed by atoms with Crippen LogP contribution in [0.3, 0.4) is 0 Å². The second kappa shape index (κ2) is 13.3. The summed E-state index contributed by atoms with van der Waals surface area (Å²) in [5, 5.41) is 15.9. The van der Waals surface area contributed by atoms with Crippen molar-refractivity contribution in [3.63, 3.8) is 0 Å². The first-order valence-corrected chi connectivity index (χ1v) is 15.3. The van der Waals surface area contributed by atoms with E-state index in [1.54, 1.807) is 49.5 Å². The Morgan fingerprint density at radius 3 is 2.29 bits per heavy atom. The summed E-state index contributed by atoms with van der Waals surface area (Å²) in [5.74, 6) is -1.09. The van der Waals surface area contributed by atoms with Gasteiger partial charge in [-0.15, -0.1) is 13.2 Å². The molecule has 3 N–H and O–H groups in total. The summed E-state index contributed by atoms with van der Waals surface area (Å²) >= 11 is 0. The number of methoxy groups -OCH3 is 2. The molecule has 12 heteroatoms. The van der Waals surface area contributed by atoms with Crippen molar-refractivity contribution in [3.8, 4) is 23.0 Å². The number of aromatic amines is 1. The lowest BCUT2D eigenvalue weighted by Crippen LogP contribution is -2.27. The van der Waals surface area contributed by atoms with Gasteiger partial charge in [0.25, 0.3) is 11.5 Å². The van der Waals surface area contributed by atoms with Crippen molar-refractivity contribution in [1.29, 1.82) is 0 Å². The van der Waals surface area contributed by atoms with E-state index >= 15 is 0 Å². The Kier molecular flexibility index (Phi) is 8.96. The number of fused-ring (bicyclic) bond motifs is 2. The number of amides is 1. The molecule has 0 spiro atoms. The van der Waals surface area contributed by atoms with Crippen molar-refractivity contribution in [1.82, 2.24) is 14.9 Å². The van der Waals surface area contributed by atoms with Gasteiger partial charge in [-0.3, -0.25) is 9.59 Å². The largest absolute Gasteiger partial charge is 0.573 e. The van der Waals surface area contributed by atoms with Crippen LogP contribution >= 0.6 is 0 Å². The highest BCUT2D eigenvalue weighted by Gasteiger charge is 2.33. The molecule has 0 aliphatic carbocycles. The zero-order chi connectivity index (χ0) is 34.9. The minimum absolute atomic E-state index is 0.0351. The van der Waals surface area contributed by atoms with Gasteiger partial charge in [0.1, 0.15) is 11.5 Å². The number of alkyl halides is 3. The highest BCUT2D eigenvalue weighted by molar-refractivity contribution is 5.95. The van der Waals surface area contributed by atoms with Gasteiger partial charge < -0.3 is 34.2 Å². The first-order chi connectivity index (χ1) is 23.5. The van der Waals surface area contributed by atoms with Crippen molar-refractivity contribution >= 4 is 27.7 Å². The molecule has 0 saturated carbocycles. The highest BCUT2D eigenvalue weighted by Crippen LogP contribution is 2.41. The Balaban J connectivity index is 1.46. The van der Waals surface area contributed by atoms with Gasteiger partial charge in [0.15, 0.2) is 11.5 Å². The Hall–Kier alpha value is -5.91. The quantitative estimate of drug-likeness (QED) is 0.148. The molecule has 2 heterocycles. The molecule has 0 aliphatic rings. The van der Waals surface area contributed by atoms with Crippen molar-refractivity contribution in [2.45, 2.75) is 18.7 Å². The van der Waals surface area contributed by atoms with E-state index in [4.69, 9.17) is 9.47 Å². The molecule has 1 atom stereocenters. The summed E-state index contributed by atoms with van der Waals surface area (Å²) in [6, 6.07) is 24.4. The number of H-pyrrole nitrogens is 1. The molecule has 0 aliphatic heterocycles. The number of carbonyl (C=O) groups is 1. The van der Waals surface area contributed by atoms with Gasteiger partial charge in [-0.1, -0.05) is 42.5 Å². The van der Waals surface area contributed by atoms with Gasteiger partial charge in [-0.2, -0.15) is 0 Å². The lowest BCUT2D eigenvalue weighted by molar-refractivity contribution is -0.274. The molecule has 2 aromatic heterocycles. The number of benzene rings is 4. The average molecular weight is 672 g/mol. The van der Waals surface area contributed by atoms with Crippen LogP contribution < -0.4 is 25.1 Å². The van der Waals surface area contributed by atoms with Gasteiger partial charge in [0, 0.05) is 41.1 Å². The molecule has 6 aromatic rings. The fourth-order valence-corrected chi connectivity index (χ4v) is 6.22. The van der Waals surface area contributed by atoms with Crippen molar-refractivity contribution in [3.05, 3.63) is 129 Å². The Bertz CT molecular complexity index is 2220. The topological polar surface area (TPSA) is 115 Å². The molecule has 1 unspecified atom stereocenters. The zero-order valence-corrected chi connectivity index (χ0v) is 26.7. The Morgan fingerprint density at radius 1 is 0.918 bits per heavy atom. The van der Waals surface area contributed by atoms with Gasteiger partial charge in [-0.05, 0) is 66.1 Å². The van der Waals surface area contributed by atoms with E-state index in [0.29, 0.717) is 45.6 Å². The maximum Gasteiger partial charge on any atom is 0.573 e. The second-order valence-corrected chi connectivity index (χ2v) is 11.3. The number of ether oxygens (including phenoxy) is 3. The molecule has 6 rings (SSSR count). The molecule has 0 bridgehead atoms. The number of aromatic nitrogens is 2. The summed E-state index contributed by atoms with van der Waals surface area (Å²) in [4.78, 5) is 30.7. The van der Waals surface area contributed by atoms with Gasteiger partial charge in [-0.25, -0.2) is 0 Å². The third-order valence-corrected chi connectivity index (χ3v) is 8.49. The number of aromatic hydroxyl groups is 1. The third-order valence-electron chi connectivity index (χ3n) is 8.49. The molecule has 252 valence electrons. The SMILES string of the molecule is COc1ccc(C(=O)NCCc2c(C(c3ccc(OC(F)(F)F)cc3)c3c(O)c4ccccc4n(C)c3=O)[nH]c3ccccc23)cc1OC. The Labute approximate surface area is 278 Å². The molecule has 0 fully saturated rings. The number of nitrogens with one attached hydrogen (secondary N) is 2. The number of hydrogen-bond donors (Lipinski definition) is 3. The van der Waals surface area contributed by atoms with Gasteiger partial charge >= 0.3 is 6.36 Å². The minimum Gasteiger partial charge on any atom is -0.507 e. The predicted octanol–water partition coefficient (Wildman–Crippen LogP) is 6.79. The van der Waals surface area contributed by atoms with E-state index in [-0.39, 0.29) is 23.8 Å². The molecule has 4 aromatic carbocycles. The van der Waals surface area contributed by atoms with E-state index in [1.165, 1.54) is 43.1 Å². The van der Waals surface area contributed by atoms with Crippen molar-refractivity contribution in [2.24, 2.45) is 7.05 Å². The number of pyridine rings is 1. The van der Waals surface area contributed by atoms with Gasteiger partial charge in [0.2, 0.25) is 0 Å². The number of para-hydroxylation sites is 2. The van der Waals surface area contributed by atoms with E-state index in [0.717, 1.165) is 16.5 Å². The molecule has 49 heavy (non-hydrogen) atoms. The van der Waals surface area contributed by atoms with E-state index < -0.39 is 23.6 Å². The zero-order valence-electron chi connectivity index (χ0n) is 26.7. The lowest BCUT2D eigenvalue weighted by atomic mass is 9.85. The van der Waals surface area contributed by atoms with Crippen molar-refractivity contribution in [2.75, 3.05) is 20.8 Å². The summed E-state index contributed by atoms with van der Waals surface area (Å²) in [6.07, 6.45) is -4.59. The lowest BCUT2D eigenvalue weighted by Gasteiger charge is -2.22. The first-order valence-electron chi connectivity index (χ1n) is 15.3. The van der Waals surface area contributed by atoms with Crippen LogP contribution in [-0.4, -0.2) is 47.7 Å². The van der Waals surface area contributed by atoms with Crippen LogP contribution in [0.2, 0.25) is 0 Å². The standard InChI is InChI=1S/C37H32F3N3O6/c1-43-28-11-7-5-9-26(28)34(44)32(36(43)46)31(21-12-15-23(16-13-21)49-37(38,39)40)33-25(24-8-4-6-10-27(24)42-33)18-19-41-35(45)22-14-17-29(47-2)30(20-22)48-3/h4-17,20,31,42,44H,18-19H2,1-3H3,(H,41,45). The number of hydrogen-bond acceptors (Lipinski definition) is 6. The van der Waals surface area contributed by atoms with Crippen LogP contribution in [0.15, 0.2) is 95.8 Å². The maximum atomic E-state index is 14.1. The average Bonchev–Trinajstić information content (AvgIpc) is 3.46. The number of nitrogens with zero attached hydrogens (tertiary/aromatic N) is 1. The van der Waals surface area contributed by atoms with Crippen LogP contribution in [0.25, 0.3) is 21.8 Å². The summed E-state index contributed by atoms with van der Waals surface area (Å²) in [7, 11) is 4.58. The summed E-state index contributed by atoms with van der Waals surface area (Å²) in [6.45, 7) is 0.189. The molecule has 0 saturated heterocycles. The monoisotopic (exact) mass is 671 g/mol. The molecule has 9 nitrogen and oxygen atoms in total. The van der Waals surface area contributed by atoms with E-state index in [1.807, 2.05) is 24.3 Å². The Morgan fingerprint density at radius 2 is 1.59 bits per heavy atom. The normalized spacial score (nSPS) is 12.2. The first kappa shape index (κ1) is 33.0. The van der Waals surface area contributed by atoms with Crippen LogP contribution in [-0.2, 0) is 13.5 Å². The maximum absolute atomic E-state index is 14.1. The second-order valence-electron chi connectivity index (χ2n) is 11.3. The smallest absolute Gasteiger partial charge is 0.507 e. The molecular formula is C37H32F3N3O6. The number of aryl methyl sites for hydroxylation is 1. The number of rotatable bonds is 10. The van der Waals surface area contributed by atoms with E-state index in [9.17, 15) is 27.9 Å². The third kappa shape index (κ3) is 6.49. The molecule has 1 amide bonds.